The number of carboxylic acids is 1. The van der Waals surface area contributed by atoms with Gasteiger partial charge in [0.2, 0.25) is 11.8 Å². The van der Waals surface area contributed by atoms with Crippen LogP contribution in [0, 0.1) is 23.2 Å². The Balaban J connectivity index is 3.25. The molecule has 0 heterocycles. The standard InChI is InChI=1S/C27H48N2O4/c1-9-19(6)17-27(10-2,11-3)26(33)28-23(21-14-12-13-15-21)24(30)29(8)22(18(4)5)16-20(7)25(31)32/h16,18-19,21-23H,9-15,17H2,1-8H3,(H,28,33)(H,31,32)/b20-16+/t19?,22-,23+/m1/s1. The predicted octanol–water partition coefficient (Wildman–Crippen LogP) is 5.42. The molecule has 0 spiro atoms. The van der Waals surface area contributed by atoms with E-state index in [-0.39, 0.29) is 35.3 Å². The third-order valence-corrected chi connectivity index (χ3v) is 7.93. The molecule has 1 aliphatic carbocycles. The van der Waals surface area contributed by atoms with Crippen molar-refractivity contribution in [3.8, 4) is 0 Å². The average molecular weight is 465 g/mol. The Hall–Kier alpha value is -1.85. The van der Waals surface area contributed by atoms with Gasteiger partial charge in [-0.05, 0) is 56.8 Å². The van der Waals surface area contributed by atoms with Gasteiger partial charge in [0, 0.05) is 18.0 Å². The Morgan fingerprint density at radius 1 is 1.09 bits per heavy atom. The summed E-state index contributed by atoms with van der Waals surface area (Å²) >= 11 is 0. The first-order valence-electron chi connectivity index (χ1n) is 12.9. The summed E-state index contributed by atoms with van der Waals surface area (Å²) < 4.78 is 0. The molecule has 1 fully saturated rings. The molecule has 0 radical (unpaired) electrons. The molecule has 0 aliphatic heterocycles. The average Bonchev–Trinajstić information content (AvgIpc) is 3.32. The molecule has 0 bridgehead atoms. The highest BCUT2D eigenvalue weighted by Gasteiger charge is 2.41. The number of aliphatic carboxylic acids is 1. The van der Waals surface area contributed by atoms with Crippen molar-refractivity contribution in [2.75, 3.05) is 7.05 Å². The van der Waals surface area contributed by atoms with Gasteiger partial charge in [-0.25, -0.2) is 4.79 Å². The second-order valence-electron chi connectivity index (χ2n) is 10.5. The first-order valence-corrected chi connectivity index (χ1v) is 12.9. The molecule has 2 N–H and O–H groups in total. The van der Waals surface area contributed by atoms with Crippen LogP contribution < -0.4 is 5.32 Å². The maximum atomic E-state index is 13.8. The summed E-state index contributed by atoms with van der Waals surface area (Å²) in [6.07, 6.45) is 8.98. The molecule has 0 saturated heterocycles. The second kappa shape index (κ2) is 13.1. The highest BCUT2D eigenvalue weighted by Crippen LogP contribution is 2.37. The normalized spacial score (nSPS) is 18.2. The minimum Gasteiger partial charge on any atom is -0.478 e. The summed E-state index contributed by atoms with van der Waals surface area (Å²) in [4.78, 5) is 40.5. The van der Waals surface area contributed by atoms with Crippen LogP contribution in [0.1, 0.15) is 99.8 Å². The van der Waals surface area contributed by atoms with Gasteiger partial charge < -0.3 is 15.3 Å². The van der Waals surface area contributed by atoms with E-state index in [9.17, 15) is 19.5 Å². The quantitative estimate of drug-likeness (QED) is 0.356. The molecule has 0 aromatic carbocycles. The van der Waals surface area contributed by atoms with E-state index >= 15 is 0 Å². The maximum absolute atomic E-state index is 13.8. The number of rotatable bonds is 13. The number of likely N-dealkylation sites (N-methyl/N-ethyl adjacent to an activating group) is 1. The van der Waals surface area contributed by atoms with Gasteiger partial charge in [0.25, 0.3) is 0 Å². The molecule has 190 valence electrons. The van der Waals surface area contributed by atoms with Crippen LogP contribution in [0.25, 0.3) is 0 Å². The zero-order valence-electron chi connectivity index (χ0n) is 22.2. The highest BCUT2D eigenvalue weighted by molar-refractivity contribution is 5.91. The zero-order chi connectivity index (χ0) is 25.3. The summed E-state index contributed by atoms with van der Waals surface area (Å²) in [5.74, 6) is -0.505. The number of hydrogen-bond donors (Lipinski definition) is 2. The van der Waals surface area contributed by atoms with Gasteiger partial charge in [-0.1, -0.05) is 66.9 Å². The fraction of sp³-hybridized carbons (Fsp3) is 0.815. The first-order chi connectivity index (χ1) is 15.4. The fourth-order valence-corrected chi connectivity index (χ4v) is 5.18. The number of carbonyl (C=O) groups is 3. The molecule has 6 nitrogen and oxygen atoms in total. The van der Waals surface area contributed by atoms with Gasteiger partial charge in [-0.3, -0.25) is 9.59 Å². The van der Waals surface area contributed by atoms with Crippen molar-refractivity contribution >= 4 is 17.8 Å². The van der Waals surface area contributed by atoms with Crippen molar-refractivity contribution in [3.05, 3.63) is 11.6 Å². The van der Waals surface area contributed by atoms with Crippen LogP contribution in [0.3, 0.4) is 0 Å². The Labute approximate surface area is 201 Å². The third-order valence-electron chi connectivity index (χ3n) is 7.93. The van der Waals surface area contributed by atoms with Crippen LogP contribution in [0.15, 0.2) is 11.6 Å². The molecule has 0 aromatic heterocycles. The number of carboxylic acid groups (broad SMARTS) is 1. The first kappa shape index (κ1) is 29.2. The number of nitrogens with zero attached hydrogens (tertiary/aromatic N) is 1. The van der Waals surface area contributed by atoms with Crippen LogP contribution >= 0.6 is 0 Å². The molecule has 1 unspecified atom stereocenters. The smallest absolute Gasteiger partial charge is 0.331 e. The van der Waals surface area contributed by atoms with Crippen LogP contribution in [-0.4, -0.2) is 46.9 Å². The zero-order valence-corrected chi connectivity index (χ0v) is 22.2. The van der Waals surface area contributed by atoms with Crippen LogP contribution in [0.2, 0.25) is 0 Å². The molecule has 1 aliphatic rings. The summed E-state index contributed by atoms with van der Waals surface area (Å²) in [5, 5.41) is 12.6. The number of nitrogens with one attached hydrogen (secondary N) is 1. The van der Waals surface area contributed by atoms with Crippen molar-refractivity contribution < 1.29 is 19.5 Å². The van der Waals surface area contributed by atoms with Crippen LogP contribution in [-0.2, 0) is 14.4 Å². The number of hydrogen-bond acceptors (Lipinski definition) is 3. The molecule has 1 rings (SSSR count). The van der Waals surface area contributed by atoms with E-state index in [4.69, 9.17) is 0 Å². The lowest BCUT2D eigenvalue weighted by Gasteiger charge is -2.38. The van der Waals surface area contributed by atoms with Gasteiger partial charge >= 0.3 is 5.97 Å². The summed E-state index contributed by atoms with van der Waals surface area (Å²) in [6.45, 7) is 14.0. The van der Waals surface area contributed by atoms with Gasteiger partial charge in [0.1, 0.15) is 6.04 Å². The van der Waals surface area contributed by atoms with Gasteiger partial charge in [0.15, 0.2) is 0 Å². The van der Waals surface area contributed by atoms with Gasteiger partial charge in [-0.2, -0.15) is 0 Å². The van der Waals surface area contributed by atoms with Crippen molar-refractivity contribution in [1.82, 2.24) is 10.2 Å². The SMILES string of the molecule is CCC(C)CC(CC)(CC)C(=O)N[C@H](C(=O)N(C)[C@H](/C=C(\C)C(=O)O)C(C)C)C1CCCC1. The molecule has 1 saturated carbocycles. The largest absolute Gasteiger partial charge is 0.478 e. The van der Waals surface area contributed by atoms with E-state index in [0.717, 1.165) is 51.4 Å². The molecule has 33 heavy (non-hydrogen) atoms. The van der Waals surface area contributed by atoms with Gasteiger partial charge in [-0.15, -0.1) is 0 Å². The van der Waals surface area contributed by atoms with Crippen molar-refractivity contribution in [2.45, 2.75) is 112 Å². The predicted molar refractivity (Wildman–Crippen MR) is 134 cm³/mol. The Morgan fingerprint density at radius 3 is 2.06 bits per heavy atom. The molecule has 2 amide bonds. The topological polar surface area (TPSA) is 86.7 Å². The Bertz CT molecular complexity index is 690. The maximum Gasteiger partial charge on any atom is 0.331 e. The molecular weight excluding hydrogens is 416 g/mol. The van der Waals surface area contributed by atoms with Crippen LogP contribution in [0.4, 0.5) is 0 Å². The van der Waals surface area contributed by atoms with Crippen molar-refractivity contribution in [1.29, 1.82) is 0 Å². The monoisotopic (exact) mass is 464 g/mol. The lowest BCUT2D eigenvalue weighted by atomic mass is 9.73. The van der Waals surface area contributed by atoms with E-state index in [1.54, 1.807) is 24.9 Å². The lowest BCUT2D eigenvalue weighted by Crippen LogP contribution is -2.56. The number of carbonyl (C=O) groups excluding carboxylic acids is 2. The Morgan fingerprint density at radius 2 is 1.64 bits per heavy atom. The molecular formula is C27H48N2O4. The second-order valence-corrected chi connectivity index (χ2v) is 10.5. The summed E-state index contributed by atoms with van der Waals surface area (Å²) in [7, 11) is 1.73. The summed E-state index contributed by atoms with van der Waals surface area (Å²) in [6, 6.07) is -0.921. The molecule has 6 heteroatoms. The fourth-order valence-electron chi connectivity index (χ4n) is 5.18. The highest BCUT2D eigenvalue weighted by atomic mass is 16.4. The van der Waals surface area contributed by atoms with E-state index in [2.05, 4.69) is 33.0 Å². The van der Waals surface area contributed by atoms with E-state index in [0.29, 0.717) is 5.92 Å². The molecule has 3 atom stereocenters. The Kier molecular flexibility index (Phi) is 11.6. The van der Waals surface area contributed by atoms with E-state index in [1.807, 2.05) is 13.8 Å². The minimum absolute atomic E-state index is 0.00944. The third kappa shape index (κ3) is 7.58. The lowest BCUT2D eigenvalue weighted by molar-refractivity contribution is -0.142. The summed E-state index contributed by atoms with van der Waals surface area (Å²) in [5.41, 5.74) is -0.248. The molecule has 0 aromatic rings. The van der Waals surface area contributed by atoms with E-state index in [1.165, 1.54) is 0 Å². The van der Waals surface area contributed by atoms with Gasteiger partial charge in [0.05, 0.1) is 6.04 Å². The van der Waals surface area contributed by atoms with Crippen molar-refractivity contribution in [2.24, 2.45) is 23.2 Å². The number of amides is 2. The van der Waals surface area contributed by atoms with Crippen LogP contribution in [0.5, 0.6) is 0 Å². The van der Waals surface area contributed by atoms with Crippen molar-refractivity contribution in [3.63, 3.8) is 0 Å². The van der Waals surface area contributed by atoms with E-state index < -0.39 is 17.4 Å². The minimum atomic E-state index is -0.983.